The van der Waals surface area contributed by atoms with Crippen molar-refractivity contribution in [2.45, 2.75) is 84.3 Å². The van der Waals surface area contributed by atoms with Gasteiger partial charge in [-0.3, -0.25) is 4.79 Å². The molecule has 4 unspecified atom stereocenters. The third-order valence-electron chi connectivity index (χ3n) is 6.11. The SMILES string of the molecule is C=CCC1CC(C)CC(O)C12CCCN(C(=O)OC(C)(C)C)CCCC2=O. The van der Waals surface area contributed by atoms with Crippen molar-refractivity contribution < 1.29 is 19.4 Å². The van der Waals surface area contributed by atoms with Gasteiger partial charge in [0, 0.05) is 19.5 Å². The fourth-order valence-electron chi connectivity index (χ4n) is 4.93. The average molecular weight is 380 g/mol. The molecule has 0 aromatic heterocycles. The maximum Gasteiger partial charge on any atom is 0.410 e. The lowest BCUT2D eigenvalue weighted by Gasteiger charge is -2.48. The van der Waals surface area contributed by atoms with Gasteiger partial charge in [-0.1, -0.05) is 13.0 Å². The number of allylic oxidation sites excluding steroid dienone is 1. The lowest BCUT2D eigenvalue weighted by molar-refractivity contribution is -0.149. The van der Waals surface area contributed by atoms with Crippen LogP contribution in [0.2, 0.25) is 0 Å². The predicted molar refractivity (Wildman–Crippen MR) is 106 cm³/mol. The Balaban J connectivity index is 2.19. The number of ketones is 1. The zero-order valence-electron chi connectivity index (χ0n) is 17.5. The van der Waals surface area contributed by atoms with Crippen LogP contribution in [-0.2, 0) is 9.53 Å². The monoisotopic (exact) mass is 379 g/mol. The van der Waals surface area contributed by atoms with Gasteiger partial charge in [-0.2, -0.15) is 0 Å². The molecule has 2 rings (SSSR count). The zero-order valence-corrected chi connectivity index (χ0v) is 17.5. The van der Waals surface area contributed by atoms with Crippen molar-refractivity contribution in [3.8, 4) is 0 Å². The van der Waals surface area contributed by atoms with Crippen LogP contribution in [0.4, 0.5) is 4.79 Å². The highest BCUT2D eigenvalue weighted by Crippen LogP contribution is 2.50. The van der Waals surface area contributed by atoms with E-state index >= 15 is 0 Å². The molecule has 0 bridgehead atoms. The number of amides is 1. The number of hydrogen-bond acceptors (Lipinski definition) is 4. The van der Waals surface area contributed by atoms with Crippen molar-refractivity contribution in [3.63, 3.8) is 0 Å². The molecule has 1 aliphatic carbocycles. The lowest BCUT2D eigenvalue weighted by atomic mass is 9.56. The van der Waals surface area contributed by atoms with E-state index in [4.69, 9.17) is 4.74 Å². The molecule has 0 aromatic carbocycles. The molecule has 5 heteroatoms. The molecule has 1 heterocycles. The fourth-order valence-corrected chi connectivity index (χ4v) is 4.93. The third kappa shape index (κ3) is 5.13. The Morgan fingerprint density at radius 3 is 2.63 bits per heavy atom. The second kappa shape index (κ2) is 8.76. The van der Waals surface area contributed by atoms with E-state index in [0.29, 0.717) is 51.1 Å². The molecule has 1 aliphatic heterocycles. The summed E-state index contributed by atoms with van der Waals surface area (Å²) in [6.45, 7) is 12.7. The Labute approximate surface area is 164 Å². The van der Waals surface area contributed by atoms with E-state index in [1.54, 1.807) is 4.90 Å². The van der Waals surface area contributed by atoms with Gasteiger partial charge in [0.1, 0.15) is 11.4 Å². The quantitative estimate of drug-likeness (QED) is 0.725. The summed E-state index contributed by atoms with van der Waals surface area (Å²) >= 11 is 0. The normalized spacial score (nSPS) is 33.1. The van der Waals surface area contributed by atoms with Crippen LogP contribution in [0.15, 0.2) is 12.7 Å². The number of Topliss-reactive ketones (excluding diaryl/α,β-unsaturated/α-hetero) is 1. The van der Waals surface area contributed by atoms with Crippen molar-refractivity contribution in [2.75, 3.05) is 13.1 Å². The summed E-state index contributed by atoms with van der Waals surface area (Å²) in [5.74, 6) is 0.711. The predicted octanol–water partition coefficient (Wildman–Crippen LogP) is 4.34. The molecule has 4 atom stereocenters. The molecule has 1 spiro atoms. The minimum Gasteiger partial charge on any atom is -0.444 e. The first-order valence-corrected chi connectivity index (χ1v) is 10.4. The number of aliphatic hydroxyl groups is 1. The van der Waals surface area contributed by atoms with Crippen LogP contribution in [0.25, 0.3) is 0 Å². The smallest absolute Gasteiger partial charge is 0.410 e. The van der Waals surface area contributed by atoms with Crippen molar-refractivity contribution in [2.24, 2.45) is 17.3 Å². The fraction of sp³-hybridized carbons (Fsp3) is 0.818. The van der Waals surface area contributed by atoms with Gasteiger partial charge in [0.25, 0.3) is 0 Å². The number of carbonyl (C=O) groups is 2. The summed E-state index contributed by atoms with van der Waals surface area (Å²) in [5.41, 5.74) is -1.22. The number of aliphatic hydroxyl groups excluding tert-OH is 1. The highest BCUT2D eigenvalue weighted by atomic mass is 16.6. The van der Waals surface area contributed by atoms with Crippen LogP contribution < -0.4 is 0 Å². The molecule has 1 amide bonds. The molecule has 1 saturated carbocycles. The Hall–Kier alpha value is -1.36. The van der Waals surface area contributed by atoms with Gasteiger partial charge in [-0.15, -0.1) is 6.58 Å². The number of rotatable bonds is 2. The first-order valence-electron chi connectivity index (χ1n) is 10.4. The third-order valence-corrected chi connectivity index (χ3v) is 6.11. The summed E-state index contributed by atoms with van der Waals surface area (Å²) in [4.78, 5) is 27.5. The second-order valence-corrected chi connectivity index (χ2v) is 9.45. The molecular formula is C22H37NO4. The zero-order chi connectivity index (χ0) is 20.2. The molecule has 0 aromatic rings. The summed E-state index contributed by atoms with van der Waals surface area (Å²) in [7, 11) is 0. The molecule has 1 saturated heterocycles. The molecular weight excluding hydrogens is 342 g/mol. The van der Waals surface area contributed by atoms with E-state index in [0.717, 1.165) is 12.8 Å². The Kier molecular flexibility index (Phi) is 7.12. The van der Waals surface area contributed by atoms with Gasteiger partial charge in [0.05, 0.1) is 11.5 Å². The van der Waals surface area contributed by atoms with Gasteiger partial charge in [0.15, 0.2) is 0 Å². The molecule has 0 radical (unpaired) electrons. The van der Waals surface area contributed by atoms with Gasteiger partial charge in [-0.25, -0.2) is 4.79 Å². The minimum atomic E-state index is -0.690. The van der Waals surface area contributed by atoms with Crippen LogP contribution in [0.3, 0.4) is 0 Å². The Morgan fingerprint density at radius 1 is 1.33 bits per heavy atom. The van der Waals surface area contributed by atoms with Crippen LogP contribution in [0.1, 0.15) is 72.6 Å². The molecule has 154 valence electrons. The second-order valence-electron chi connectivity index (χ2n) is 9.45. The molecule has 1 N–H and O–H groups in total. The highest BCUT2D eigenvalue weighted by Gasteiger charge is 2.52. The standard InChI is InChI=1S/C22H37NO4/c1-6-9-17-14-16(2)15-19(25)22(17)11-8-13-23(12-7-10-18(22)24)20(26)27-21(3,4)5/h6,16-17,19,25H,1,7-15H2,2-5H3. The van der Waals surface area contributed by atoms with Crippen molar-refractivity contribution >= 4 is 11.9 Å². The molecule has 2 aliphatic rings. The summed E-state index contributed by atoms with van der Waals surface area (Å²) < 4.78 is 5.51. The topological polar surface area (TPSA) is 66.8 Å². The van der Waals surface area contributed by atoms with E-state index in [1.807, 2.05) is 26.8 Å². The van der Waals surface area contributed by atoms with Crippen molar-refractivity contribution in [3.05, 3.63) is 12.7 Å². The van der Waals surface area contributed by atoms with Gasteiger partial charge >= 0.3 is 6.09 Å². The van der Waals surface area contributed by atoms with Gasteiger partial charge in [0.2, 0.25) is 0 Å². The Morgan fingerprint density at radius 2 is 2.00 bits per heavy atom. The van der Waals surface area contributed by atoms with Crippen molar-refractivity contribution in [1.82, 2.24) is 4.90 Å². The summed E-state index contributed by atoms with van der Waals surface area (Å²) in [5, 5.41) is 11.0. The molecule has 5 nitrogen and oxygen atoms in total. The molecule has 27 heavy (non-hydrogen) atoms. The number of nitrogens with zero attached hydrogens (tertiary/aromatic N) is 1. The maximum atomic E-state index is 13.3. The number of hydrogen-bond donors (Lipinski definition) is 1. The van der Waals surface area contributed by atoms with Crippen LogP contribution in [0.5, 0.6) is 0 Å². The average Bonchev–Trinajstić information content (AvgIpc) is 2.61. The first-order chi connectivity index (χ1) is 12.6. The van der Waals surface area contributed by atoms with Crippen LogP contribution >= 0.6 is 0 Å². The maximum absolute atomic E-state index is 13.3. The summed E-state index contributed by atoms with van der Waals surface area (Å²) in [6.07, 6.45) is 5.67. The van der Waals surface area contributed by atoms with E-state index in [1.165, 1.54) is 0 Å². The van der Waals surface area contributed by atoms with Crippen molar-refractivity contribution in [1.29, 1.82) is 0 Å². The Bertz CT molecular complexity index is 553. The van der Waals surface area contributed by atoms with E-state index < -0.39 is 17.1 Å². The summed E-state index contributed by atoms with van der Waals surface area (Å²) in [6, 6.07) is 0. The highest BCUT2D eigenvalue weighted by molar-refractivity contribution is 5.86. The minimum absolute atomic E-state index is 0.134. The first kappa shape index (κ1) is 21.9. The van der Waals surface area contributed by atoms with Gasteiger partial charge in [-0.05, 0) is 71.1 Å². The largest absolute Gasteiger partial charge is 0.444 e. The van der Waals surface area contributed by atoms with E-state index in [-0.39, 0.29) is 17.8 Å². The number of ether oxygens (including phenoxy) is 1. The van der Waals surface area contributed by atoms with E-state index in [2.05, 4.69) is 13.5 Å². The van der Waals surface area contributed by atoms with E-state index in [9.17, 15) is 14.7 Å². The van der Waals surface area contributed by atoms with Crippen LogP contribution in [-0.4, -0.2) is 46.7 Å². The van der Waals surface area contributed by atoms with Gasteiger partial charge < -0.3 is 14.7 Å². The van der Waals surface area contributed by atoms with Crippen LogP contribution in [0, 0.1) is 17.3 Å². The lowest BCUT2D eigenvalue weighted by Crippen LogP contribution is -2.52. The molecule has 2 fully saturated rings. The number of carbonyl (C=O) groups excluding carboxylic acids is 2.